The number of nitrogens with one attached hydrogen (secondary N) is 1. The third kappa shape index (κ3) is 7.05. The molecule has 0 saturated heterocycles. The minimum Gasteiger partial charge on any atom is -0.466 e. The minimum absolute atomic E-state index is 0.0573. The zero-order valence-corrected chi connectivity index (χ0v) is 7.72. The molecule has 0 aromatic rings. The Kier molecular flexibility index (Phi) is 5.08. The average molecular weight is 173 g/mol. The highest BCUT2D eigenvalue weighted by molar-refractivity contribution is 5.73. The van der Waals surface area contributed by atoms with Crippen molar-refractivity contribution < 1.29 is 14.3 Å². The number of ether oxygens (including phenoxy) is 1. The van der Waals surface area contributed by atoms with Crippen molar-refractivity contribution in [3.63, 3.8) is 0 Å². The van der Waals surface area contributed by atoms with Gasteiger partial charge in [-0.15, -0.1) is 0 Å². The van der Waals surface area contributed by atoms with Crippen LogP contribution in [0.3, 0.4) is 0 Å². The molecule has 0 heterocycles. The van der Waals surface area contributed by atoms with E-state index in [1.54, 1.807) is 0 Å². The van der Waals surface area contributed by atoms with Gasteiger partial charge in [0.2, 0.25) is 5.91 Å². The predicted molar refractivity (Wildman–Crippen MR) is 44.5 cm³/mol. The number of carbonyl (C=O) groups excluding carboxylic acids is 2. The summed E-state index contributed by atoms with van der Waals surface area (Å²) in [6.45, 7) is 5.05. The molecule has 0 radical (unpaired) electrons. The highest BCUT2D eigenvalue weighted by atomic mass is 16.5. The van der Waals surface area contributed by atoms with E-state index in [2.05, 4.69) is 5.32 Å². The van der Waals surface area contributed by atoms with Gasteiger partial charge in [-0.2, -0.15) is 0 Å². The summed E-state index contributed by atoms with van der Waals surface area (Å²) in [6, 6.07) is 0.0573. The van der Waals surface area contributed by atoms with E-state index < -0.39 is 0 Å². The van der Waals surface area contributed by atoms with Gasteiger partial charge in [-0.3, -0.25) is 9.59 Å². The molecule has 1 amide bonds. The van der Waals surface area contributed by atoms with Gasteiger partial charge in [0.15, 0.2) is 0 Å². The van der Waals surface area contributed by atoms with Crippen LogP contribution in [0.4, 0.5) is 0 Å². The van der Waals surface area contributed by atoms with Gasteiger partial charge < -0.3 is 10.1 Å². The van der Waals surface area contributed by atoms with Crippen molar-refractivity contribution >= 4 is 11.9 Å². The second-order valence-corrected chi connectivity index (χ2v) is 2.73. The van der Waals surface area contributed by atoms with Gasteiger partial charge in [-0.25, -0.2) is 0 Å². The van der Waals surface area contributed by atoms with E-state index in [0.29, 0.717) is 13.0 Å². The molecule has 0 aliphatic carbocycles. The maximum absolute atomic E-state index is 10.5. The smallest absolute Gasteiger partial charge is 0.302 e. The maximum atomic E-state index is 10.5. The third-order valence-electron chi connectivity index (χ3n) is 1.31. The summed E-state index contributed by atoms with van der Waals surface area (Å²) in [5, 5.41) is 2.69. The molecule has 0 aromatic heterocycles. The zero-order chi connectivity index (χ0) is 9.56. The van der Waals surface area contributed by atoms with Crippen LogP contribution in [0.25, 0.3) is 0 Å². The van der Waals surface area contributed by atoms with E-state index in [1.807, 2.05) is 6.92 Å². The second-order valence-electron chi connectivity index (χ2n) is 2.73. The first-order valence-corrected chi connectivity index (χ1v) is 3.93. The first-order chi connectivity index (χ1) is 5.52. The highest BCUT2D eigenvalue weighted by Gasteiger charge is 2.03. The SMILES string of the molecule is CC(=O)NC(C)CCOC(C)=O. The van der Waals surface area contributed by atoms with E-state index in [-0.39, 0.29) is 17.9 Å². The molecule has 0 aliphatic heterocycles. The number of esters is 1. The molecule has 0 aromatic carbocycles. The van der Waals surface area contributed by atoms with Gasteiger partial charge in [-0.1, -0.05) is 0 Å². The number of amides is 1. The molecule has 0 saturated carbocycles. The molecule has 0 rings (SSSR count). The lowest BCUT2D eigenvalue weighted by Gasteiger charge is -2.11. The standard InChI is InChI=1S/C8H15NO3/c1-6(9-7(2)10)4-5-12-8(3)11/h6H,4-5H2,1-3H3,(H,9,10). The Morgan fingerprint density at radius 3 is 2.42 bits per heavy atom. The van der Waals surface area contributed by atoms with Crippen molar-refractivity contribution in [2.24, 2.45) is 0 Å². The molecular formula is C8H15NO3. The largest absolute Gasteiger partial charge is 0.466 e. The van der Waals surface area contributed by atoms with E-state index >= 15 is 0 Å². The highest BCUT2D eigenvalue weighted by Crippen LogP contribution is 1.91. The fraction of sp³-hybridized carbons (Fsp3) is 0.750. The Hall–Kier alpha value is -1.06. The van der Waals surface area contributed by atoms with Crippen LogP contribution in [-0.4, -0.2) is 24.5 Å². The first kappa shape index (κ1) is 10.9. The van der Waals surface area contributed by atoms with E-state index in [1.165, 1.54) is 13.8 Å². The fourth-order valence-electron chi connectivity index (χ4n) is 0.799. The van der Waals surface area contributed by atoms with Gasteiger partial charge in [0, 0.05) is 26.3 Å². The maximum Gasteiger partial charge on any atom is 0.302 e. The molecule has 1 N–H and O–H groups in total. The summed E-state index contributed by atoms with van der Waals surface area (Å²) in [6.07, 6.45) is 0.652. The molecule has 4 nitrogen and oxygen atoms in total. The van der Waals surface area contributed by atoms with E-state index in [0.717, 1.165) is 0 Å². The molecule has 1 unspecified atom stereocenters. The van der Waals surface area contributed by atoms with Crippen molar-refractivity contribution in [3.8, 4) is 0 Å². The number of hydrogen-bond donors (Lipinski definition) is 1. The molecule has 1 atom stereocenters. The molecule has 0 aliphatic rings. The normalized spacial score (nSPS) is 11.9. The summed E-state index contributed by atoms with van der Waals surface area (Å²) in [5.41, 5.74) is 0. The molecule has 0 spiro atoms. The lowest BCUT2D eigenvalue weighted by Crippen LogP contribution is -2.31. The van der Waals surface area contributed by atoms with Crippen LogP contribution in [0.5, 0.6) is 0 Å². The van der Waals surface area contributed by atoms with Crippen LogP contribution >= 0.6 is 0 Å². The summed E-state index contributed by atoms with van der Waals surface area (Å²) in [5.74, 6) is -0.352. The Morgan fingerprint density at radius 1 is 1.42 bits per heavy atom. The van der Waals surface area contributed by atoms with Crippen molar-refractivity contribution in [1.82, 2.24) is 5.32 Å². The molecule has 4 heteroatoms. The van der Waals surface area contributed by atoms with Crippen molar-refractivity contribution in [1.29, 1.82) is 0 Å². The molecular weight excluding hydrogens is 158 g/mol. The van der Waals surface area contributed by atoms with Crippen molar-refractivity contribution in [2.75, 3.05) is 6.61 Å². The lowest BCUT2D eigenvalue weighted by molar-refractivity contribution is -0.141. The van der Waals surface area contributed by atoms with Crippen LogP contribution < -0.4 is 5.32 Å². The van der Waals surface area contributed by atoms with E-state index in [9.17, 15) is 9.59 Å². The quantitative estimate of drug-likeness (QED) is 0.628. The fourth-order valence-corrected chi connectivity index (χ4v) is 0.799. The van der Waals surface area contributed by atoms with E-state index in [4.69, 9.17) is 4.74 Å². The van der Waals surface area contributed by atoms with Gasteiger partial charge >= 0.3 is 5.97 Å². The summed E-state index contributed by atoms with van der Waals surface area (Å²) < 4.78 is 4.70. The summed E-state index contributed by atoms with van der Waals surface area (Å²) >= 11 is 0. The van der Waals surface area contributed by atoms with Gasteiger partial charge in [0.1, 0.15) is 0 Å². The van der Waals surface area contributed by atoms with Crippen LogP contribution in [-0.2, 0) is 14.3 Å². The first-order valence-electron chi connectivity index (χ1n) is 3.93. The van der Waals surface area contributed by atoms with Gasteiger partial charge in [0.05, 0.1) is 6.61 Å². The van der Waals surface area contributed by atoms with Gasteiger partial charge in [-0.05, 0) is 6.92 Å². The predicted octanol–water partition coefficient (Wildman–Crippen LogP) is 0.464. The molecule has 70 valence electrons. The van der Waals surface area contributed by atoms with Crippen LogP contribution in [0.1, 0.15) is 27.2 Å². The van der Waals surface area contributed by atoms with Crippen LogP contribution in [0.15, 0.2) is 0 Å². The molecule has 0 bridgehead atoms. The van der Waals surface area contributed by atoms with Gasteiger partial charge in [0.25, 0.3) is 0 Å². The molecule has 0 fully saturated rings. The van der Waals surface area contributed by atoms with Crippen molar-refractivity contribution in [2.45, 2.75) is 33.2 Å². The third-order valence-corrected chi connectivity index (χ3v) is 1.31. The Balaban J connectivity index is 3.37. The topological polar surface area (TPSA) is 55.4 Å². The zero-order valence-electron chi connectivity index (χ0n) is 7.72. The summed E-state index contributed by atoms with van der Waals surface area (Å²) in [4.78, 5) is 20.9. The number of carbonyl (C=O) groups is 2. The Morgan fingerprint density at radius 2 is 2.00 bits per heavy atom. The second kappa shape index (κ2) is 5.57. The monoisotopic (exact) mass is 173 g/mol. The number of rotatable bonds is 4. The Bertz CT molecular complexity index is 168. The van der Waals surface area contributed by atoms with Crippen LogP contribution in [0.2, 0.25) is 0 Å². The van der Waals surface area contributed by atoms with Crippen molar-refractivity contribution in [3.05, 3.63) is 0 Å². The summed E-state index contributed by atoms with van der Waals surface area (Å²) in [7, 11) is 0. The molecule has 12 heavy (non-hydrogen) atoms. The number of hydrogen-bond acceptors (Lipinski definition) is 3. The lowest BCUT2D eigenvalue weighted by atomic mass is 10.2. The Labute approximate surface area is 72.3 Å². The minimum atomic E-state index is -0.287. The van der Waals surface area contributed by atoms with Crippen LogP contribution in [0, 0.1) is 0 Å². The average Bonchev–Trinajstić information content (AvgIpc) is 1.84.